The number of amides is 1. The number of ether oxygens (including phenoxy) is 1. The number of hydrazone groups is 1. The second-order valence-electron chi connectivity index (χ2n) is 8.93. The van der Waals surface area contributed by atoms with Gasteiger partial charge in [-0.3, -0.25) is 4.79 Å². The van der Waals surface area contributed by atoms with Crippen LogP contribution in [0.4, 0.5) is 5.69 Å². The molecule has 1 atom stereocenters. The van der Waals surface area contributed by atoms with Gasteiger partial charge in [-0.05, 0) is 74.1 Å². The zero-order valence-electron chi connectivity index (χ0n) is 18.9. The number of hydrogen-bond acceptors (Lipinski definition) is 5. The Hall–Kier alpha value is -3.28. The zero-order valence-corrected chi connectivity index (χ0v) is 18.9. The number of furan rings is 1. The maximum Gasteiger partial charge on any atom is 0.307 e. The molecule has 2 aromatic carbocycles. The monoisotopic (exact) mass is 419 g/mol. The lowest BCUT2D eigenvalue weighted by Gasteiger charge is -2.45. The molecule has 0 fully saturated rings. The average Bonchev–Trinajstić information content (AvgIpc) is 3.17. The van der Waals surface area contributed by atoms with Crippen molar-refractivity contribution in [3.63, 3.8) is 0 Å². The number of rotatable bonds is 4. The molecule has 0 aliphatic carbocycles. The smallest absolute Gasteiger partial charge is 0.307 e. The van der Waals surface area contributed by atoms with E-state index in [4.69, 9.17) is 9.15 Å². The quantitative estimate of drug-likeness (QED) is 0.464. The number of fused-ring (bicyclic) bond motifs is 2. The molecule has 2 heterocycles. The molecule has 0 spiro atoms. The van der Waals surface area contributed by atoms with E-state index in [0.29, 0.717) is 17.3 Å². The molecule has 1 aliphatic heterocycles. The Labute approximate surface area is 182 Å². The minimum atomic E-state index is -0.403. The molecule has 1 aromatic heterocycles. The van der Waals surface area contributed by atoms with Crippen LogP contribution < -0.4 is 15.1 Å². The molecule has 0 saturated heterocycles. The molecule has 1 N–H and O–H groups in total. The van der Waals surface area contributed by atoms with Crippen molar-refractivity contribution in [3.05, 3.63) is 58.8 Å². The lowest BCUT2D eigenvalue weighted by atomic mass is 9.79. The summed E-state index contributed by atoms with van der Waals surface area (Å²) in [6.45, 7) is 8.89. The fourth-order valence-electron chi connectivity index (χ4n) is 4.40. The minimum absolute atomic E-state index is 0.123. The van der Waals surface area contributed by atoms with Crippen molar-refractivity contribution in [2.24, 2.45) is 5.10 Å². The van der Waals surface area contributed by atoms with Crippen molar-refractivity contribution in [3.8, 4) is 5.75 Å². The van der Waals surface area contributed by atoms with E-state index in [0.717, 1.165) is 22.9 Å². The van der Waals surface area contributed by atoms with Gasteiger partial charge in [0.2, 0.25) is 0 Å². The van der Waals surface area contributed by atoms with Gasteiger partial charge in [-0.2, -0.15) is 5.10 Å². The van der Waals surface area contributed by atoms with Crippen LogP contribution in [0.1, 0.15) is 60.4 Å². The summed E-state index contributed by atoms with van der Waals surface area (Å²) in [4.78, 5) is 14.9. The van der Waals surface area contributed by atoms with E-state index in [-0.39, 0.29) is 11.3 Å². The zero-order chi connectivity index (χ0) is 22.3. The van der Waals surface area contributed by atoms with Crippen LogP contribution in [0, 0.1) is 6.92 Å². The van der Waals surface area contributed by atoms with Crippen molar-refractivity contribution < 1.29 is 13.9 Å². The third-order valence-corrected chi connectivity index (χ3v) is 6.34. The van der Waals surface area contributed by atoms with Crippen LogP contribution in [0.15, 0.2) is 45.9 Å². The maximum atomic E-state index is 12.5. The van der Waals surface area contributed by atoms with Gasteiger partial charge in [0.15, 0.2) is 17.1 Å². The first-order chi connectivity index (χ1) is 14.7. The van der Waals surface area contributed by atoms with Crippen molar-refractivity contribution in [1.82, 2.24) is 5.43 Å². The number of benzene rings is 2. The maximum absolute atomic E-state index is 12.5. The van der Waals surface area contributed by atoms with E-state index in [9.17, 15) is 4.79 Å². The van der Waals surface area contributed by atoms with E-state index in [1.807, 2.05) is 12.1 Å². The van der Waals surface area contributed by atoms with Crippen LogP contribution in [-0.2, 0) is 0 Å². The molecule has 0 saturated carbocycles. The highest BCUT2D eigenvalue weighted by atomic mass is 16.5. The molecule has 4 rings (SSSR count). The summed E-state index contributed by atoms with van der Waals surface area (Å²) in [6, 6.07) is 11.6. The fourth-order valence-corrected chi connectivity index (χ4v) is 4.40. The molecule has 6 nitrogen and oxygen atoms in total. The van der Waals surface area contributed by atoms with Crippen LogP contribution >= 0.6 is 0 Å². The van der Waals surface area contributed by atoms with Crippen LogP contribution in [0.25, 0.3) is 11.0 Å². The summed E-state index contributed by atoms with van der Waals surface area (Å²) in [6.07, 6.45) is 2.78. The van der Waals surface area contributed by atoms with Gasteiger partial charge in [0.25, 0.3) is 0 Å². The van der Waals surface area contributed by atoms with Gasteiger partial charge in [0.1, 0.15) is 0 Å². The molecular weight excluding hydrogens is 390 g/mol. The van der Waals surface area contributed by atoms with Crippen molar-refractivity contribution in [1.29, 1.82) is 0 Å². The van der Waals surface area contributed by atoms with E-state index in [1.54, 1.807) is 25.5 Å². The number of nitrogens with one attached hydrogen (secondary N) is 1. The summed E-state index contributed by atoms with van der Waals surface area (Å²) < 4.78 is 11.0. The molecule has 1 aliphatic rings. The van der Waals surface area contributed by atoms with Crippen LogP contribution in [0.5, 0.6) is 5.75 Å². The summed E-state index contributed by atoms with van der Waals surface area (Å²) in [5.74, 6) is 0.831. The molecule has 6 heteroatoms. The lowest BCUT2D eigenvalue weighted by molar-refractivity contribution is 0.0929. The van der Waals surface area contributed by atoms with E-state index in [1.165, 1.54) is 11.3 Å². The van der Waals surface area contributed by atoms with Crippen LogP contribution in [0.2, 0.25) is 0 Å². The first-order valence-electron chi connectivity index (χ1n) is 10.5. The third-order valence-electron chi connectivity index (χ3n) is 6.34. The predicted octanol–water partition coefficient (Wildman–Crippen LogP) is 5.24. The minimum Gasteiger partial charge on any atom is -0.493 e. The van der Waals surface area contributed by atoms with Crippen molar-refractivity contribution in [2.75, 3.05) is 19.1 Å². The molecule has 1 unspecified atom stereocenters. The number of methoxy groups -OCH3 is 1. The highest BCUT2D eigenvalue weighted by molar-refractivity contribution is 5.97. The molecule has 0 radical (unpaired) electrons. The number of para-hydroxylation sites is 1. The largest absolute Gasteiger partial charge is 0.493 e. The van der Waals surface area contributed by atoms with Crippen LogP contribution in [-0.4, -0.2) is 31.8 Å². The molecule has 162 valence electrons. The standard InChI is InChI=1S/C25H29N3O3/c1-15-10-20-19(16(2)13-25(3,4)28(20)5)11-18(15)14-26-27-24(29)22-12-17-8-7-9-21(30-6)23(17)31-22/h7-12,14,16H,13H2,1-6H3,(H,27,29)/b26-14+. The Balaban J connectivity index is 1.54. The number of hydrogen-bond donors (Lipinski definition) is 1. The Morgan fingerprint density at radius 3 is 2.84 bits per heavy atom. The van der Waals surface area contributed by atoms with Gasteiger partial charge in [0, 0.05) is 23.7 Å². The predicted molar refractivity (Wildman–Crippen MR) is 125 cm³/mol. The van der Waals surface area contributed by atoms with Gasteiger partial charge < -0.3 is 14.1 Å². The number of aryl methyl sites for hydroxylation is 1. The average molecular weight is 420 g/mol. The number of carbonyl (C=O) groups excluding carboxylic acids is 1. The highest BCUT2D eigenvalue weighted by Gasteiger charge is 2.34. The summed E-state index contributed by atoms with van der Waals surface area (Å²) >= 11 is 0. The third kappa shape index (κ3) is 3.78. The van der Waals surface area contributed by atoms with Gasteiger partial charge in [-0.15, -0.1) is 0 Å². The molecular formula is C25H29N3O3. The number of anilines is 1. The van der Waals surface area contributed by atoms with E-state index >= 15 is 0 Å². The van der Waals surface area contributed by atoms with E-state index < -0.39 is 5.91 Å². The summed E-state index contributed by atoms with van der Waals surface area (Å²) in [7, 11) is 3.72. The van der Waals surface area contributed by atoms with Gasteiger partial charge in [-0.1, -0.05) is 19.1 Å². The summed E-state index contributed by atoms with van der Waals surface area (Å²) in [5, 5.41) is 4.99. The molecule has 1 amide bonds. The molecule has 31 heavy (non-hydrogen) atoms. The Bertz CT molecular complexity index is 1180. The Morgan fingerprint density at radius 1 is 1.32 bits per heavy atom. The first kappa shape index (κ1) is 21.0. The second-order valence-corrected chi connectivity index (χ2v) is 8.93. The van der Waals surface area contributed by atoms with Crippen LogP contribution in [0.3, 0.4) is 0 Å². The van der Waals surface area contributed by atoms with E-state index in [2.05, 4.69) is 62.3 Å². The molecule has 0 bridgehead atoms. The Morgan fingerprint density at radius 2 is 2.10 bits per heavy atom. The van der Waals surface area contributed by atoms with Gasteiger partial charge in [0.05, 0.1) is 13.3 Å². The van der Waals surface area contributed by atoms with Crippen molar-refractivity contribution in [2.45, 2.75) is 45.6 Å². The highest BCUT2D eigenvalue weighted by Crippen LogP contribution is 2.43. The first-order valence-corrected chi connectivity index (χ1v) is 10.5. The normalized spacial score (nSPS) is 17.7. The fraction of sp³-hybridized carbons (Fsp3) is 0.360. The van der Waals surface area contributed by atoms with Gasteiger partial charge >= 0.3 is 5.91 Å². The Kier molecular flexibility index (Phi) is 5.25. The van der Waals surface area contributed by atoms with Crippen molar-refractivity contribution >= 4 is 28.8 Å². The number of carbonyl (C=O) groups is 1. The van der Waals surface area contributed by atoms with Gasteiger partial charge in [-0.25, -0.2) is 5.43 Å². The second kappa shape index (κ2) is 7.76. The molecule has 3 aromatic rings. The topological polar surface area (TPSA) is 67.1 Å². The lowest BCUT2D eigenvalue weighted by Crippen LogP contribution is -2.45. The summed E-state index contributed by atoms with van der Waals surface area (Å²) in [5.41, 5.74) is 7.92. The SMILES string of the molecule is COc1cccc2cc(C(=O)N/N=C/c3cc4c(cc3C)N(C)C(C)(C)CC4C)oc12. The number of nitrogens with zero attached hydrogens (tertiary/aromatic N) is 2.